The first-order chi connectivity index (χ1) is 8.33. The normalized spacial score (nSPS) is 19.7. The molecule has 0 spiro atoms. The number of nitrogens with one attached hydrogen (secondary N) is 2. The molecule has 0 aliphatic carbocycles. The van der Waals surface area contributed by atoms with Gasteiger partial charge in [0.1, 0.15) is 5.52 Å². The fourth-order valence-electron chi connectivity index (χ4n) is 2.24. The number of halogens is 1. The van der Waals surface area contributed by atoms with Crippen molar-refractivity contribution >= 4 is 16.6 Å². The second kappa shape index (κ2) is 4.30. The summed E-state index contributed by atoms with van der Waals surface area (Å²) < 4.78 is 13.8. The van der Waals surface area contributed by atoms with E-state index in [-0.39, 0.29) is 5.82 Å². The van der Waals surface area contributed by atoms with Crippen LogP contribution in [0, 0.1) is 5.82 Å². The Balaban J connectivity index is 1.94. The summed E-state index contributed by atoms with van der Waals surface area (Å²) in [6, 6.07) is 7.56. The molecule has 1 fully saturated rings. The van der Waals surface area contributed by atoms with E-state index in [2.05, 4.69) is 15.6 Å². The molecule has 4 heteroatoms. The number of nitrogens with zero attached hydrogens (tertiary/aromatic N) is 1. The Kier molecular flexibility index (Phi) is 2.65. The van der Waals surface area contributed by atoms with Crippen molar-refractivity contribution in [3.05, 3.63) is 36.3 Å². The van der Waals surface area contributed by atoms with Crippen LogP contribution in [0.5, 0.6) is 0 Å². The summed E-state index contributed by atoms with van der Waals surface area (Å²) in [7, 11) is 0. The molecule has 1 aromatic heterocycles. The Morgan fingerprint density at radius 1 is 1.41 bits per heavy atom. The SMILES string of the molecule is Fc1cc(N[C@H]2CCNC2)cc2cccnc12. The fraction of sp³-hybridized carbons (Fsp3) is 0.308. The highest BCUT2D eigenvalue weighted by Gasteiger charge is 2.14. The lowest BCUT2D eigenvalue weighted by Crippen LogP contribution is -2.22. The highest BCUT2D eigenvalue weighted by atomic mass is 19.1. The quantitative estimate of drug-likeness (QED) is 0.831. The van der Waals surface area contributed by atoms with Gasteiger partial charge in [-0.3, -0.25) is 4.98 Å². The van der Waals surface area contributed by atoms with Crippen molar-refractivity contribution < 1.29 is 4.39 Å². The van der Waals surface area contributed by atoms with Crippen LogP contribution in [0.15, 0.2) is 30.5 Å². The lowest BCUT2D eigenvalue weighted by atomic mass is 10.1. The Bertz CT molecular complexity index is 535. The molecule has 1 aromatic carbocycles. The lowest BCUT2D eigenvalue weighted by Gasteiger charge is -2.13. The number of aromatic nitrogens is 1. The minimum Gasteiger partial charge on any atom is -0.381 e. The van der Waals surface area contributed by atoms with Gasteiger partial charge in [0.05, 0.1) is 0 Å². The smallest absolute Gasteiger partial charge is 0.151 e. The summed E-state index contributed by atoms with van der Waals surface area (Å²) in [5.74, 6) is -0.267. The average molecular weight is 231 g/mol. The van der Waals surface area contributed by atoms with E-state index < -0.39 is 0 Å². The lowest BCUT2D eigenvalue weighted by molar-refractivity contribution is 0.636. The van der Waals surface area contributed by atoms with E-state index >= 15 is 0 Å². The molecule has 3 nitrogen and oxygen atoms in total. The number of anilines is 1. The van der Waals surface area contributed by atoms with Gasteiger partial charge in [0.15, 0.2) is 5.82 Å². The summed E-state index contributed by atoms with van der Waals surface area (Å²) in [6.45, 7) is 1.96. The number of pyridine rings is 1. The van der Waals surface area contributed by atoms with Gasteiger partial charge in [-0.1, -0.05) is 6.07 Å². The molecule has 1 atom stereocenters. The van der Waals surface area contributed by atoms with Crippen LogP contribution in [0.2, 0.25) is 0 Å². The third-order valence-corrected chi connectivity index (χ3v) is 3.09. The fourth-order valence-corrected chi connectivity index (χ4v) is 2.24. The first-order valence-electron chi connectivity index (χ1n) is 5.84. The van der Waals surface area contributed by atoms with Gasteiger partial charge in [-0.25, -0.2) is 4.39 Å². The average Bonchev–Trinajstić information content (AvgIpc) is 2.82. The van der Waals surface area contributed by atoms with E-state index in [4.69, 9.17) is 0 Å². The maximum absolute atomic E-state index is 13.8. The van der Waals surface area contributed by atoms with Crippen molar-refractivity contribution in [2.24, 2.45) is 0 Å². The molecule has 1 aliphatic heterocycles. The number of fused-ring (bicyclic) bond motifs is 1. The van der Waals surface area contributed by atoms with Gasteiger partial charge in [-0.2, -0.15) is 0 Å². The zero-order valence-corrected chi connectivity index (χ0v) is 9.41. The molecule has 0 unspecified atom stereocenters. The first-order valence-corrected chi connectivity index (χ1v) is 5.84. The van der Waals surface area contributed by atoms with E-state index in [1.165, 1.54) is 6.07 Å². The second-order valence-corrected chi connectivity index (χ2v) is 4.37. The van der Waals surface area contributed by atoms with E-state index in [1.54, 1.807) is 6.20 Å². The molecule has 0 radical (unpaired) electrons. The van der Waals surface area contributed by atoms with Gasteiger partial charge in [0.2, 0.25) is 0 Å². The summed E-state index contributed by atoms with van der Waals surface area (Å²) in [4.78, 5) is 4.04. The van der Waals surface area contributed by atoms with Crippen LogP contribution in [0.25, 0.3) is 10.9 Å². The molecule has 0 bridgehead atoms. The Hall–Kier alpha value is -1.68. The molecular weight excluding hydrogens is 217 g/mol. The predicted octanol–water partition coefficient (Wildman–Crippen LogP) is 2.15. The van der Waals surface area contributed by atoms with Crippen LogP contribution in [0.1, 0.15) is 6.42 Å². The Morgan fingerprint density at radius 3 is 3.18 bits per heavy atom. The highest BCUT2D eigenvalue weighted by Crippen LogP contribution is 2.22. The summed E-state index contributed by atoms with van der Waals surface area (Å²) in [5.41, 5.74) is 1.26. The molecule has 3 rings (SSSR count). The number of hydrogen-bond acceptors (Lipinski definition) is 3. The van der Waals surface area contributed by atoms with Gasteiger partial charge < -0.3 is 10.6 Å². The number of rotatable bonds is 2. The van der Waals surface area contributed by atoms with Crippen molar-refractivity contribution in [3.8, 4) is 0 Å². The standard InChI is InChI=1S/C13H14FN3/c14-12-7-11(17-10-3-5-15-8-10)6-9-2-1-4-16-13(9)12/h1-2,4,6-7,10,15,17H,3,5,8H2/t10-/m0/s1. The molecular formula is C13H14FN3. The van der Waals surface area contributed by atoms with Crippen LogP contribution in [0.4, 0.5) is 10.1 Å². The van der Waals surface area contributed by atoms with Gasteiger partial charge in [-0.05, 0) is 31.2 Å². The predicted molar refractivity (Wildman–Crippen MR) is 66.6 cm³/mol. The second-order valence-electron chi connectivity index (χ2n) is 4.37. The van der Waals surface area contributed by atoms with Crippen molar-refractivity contribution in [1.29, 1.82) is 0 Å². The van der Waals surface area contributed by atoms with Crippen LogP contribution in [-0.2, 0) is 0 Å². The first kappa shape index (κ1) is 10.5. The summed E-state index contributed by atoms with van der Waals surface area (Å²) in [6.07, 6.45) is 2.69. The van der Waals surface area contributed by atoms with Crippen LogP contribution in [0.3, 0.4) is 0 Å². The molecule has 2 N–H and O–H groups in total. The van der Waals surface area contributed by atoms with Crippen LogP contribution >= 0.6 is 0 Å². The molecule has 0 amide bonds. The van der Waals surface area contributed by atoms with Gasteiger partial charge >= 0.3 is 0 Å². The van der Waals surface area contributed by atoms with E-state index in [9.17, 15) is 4.39 Å². The van der Waals surface area contributed by atoms with E-state index in [0.29, 0.717) is 11.6 Å². The third-order valence-electron chi connectivity index (χ3n) is 3.09. The molecule has 88 valence electrons. The van der Waals surface area contributed by atoms with Gasteiger partial charge in [-0.15, -0.1) is 0 Å². The van der Waals surface area contributed by atoms with Crippen LogP contribution in [-0.4, -0.2) is 24.1 Å². The molecule has 0 saturated carbocycles. The minimum absolute atomic E-state index is 0.267. The van der Waals surface area contributed by atoms with E-state index in [0.717, 1.165) is 30.6 Å². The molecule has 1 aliphatic rings. The number of hydrogen-bond donors (Lipinski definition) is 2. The summed E-state index contributed by atoms with van der Waals surface area (Å²) in [5, 5.41) is 7.45. The Labute approximate surface area is 99.1 Å². The monoisotopic (exact) mass is 231 g/mol. The Morgan fingerprint density at radius 2 is 2.35 bits per heavy atom. The third kappa shape index (κ3) is 2.08. The minimum atomic E-state index is -0.267. The molecule has 2 heterocycles. The maximum atomic E-state index is 13.8. The molecule has 2 aromatic rings. The van der Waals surface area contributed by atoms with Gasteiger partial charge in [0.25, 0.3) is 0 Å². The maximum Gasteiger partial charge on any atom is 0.151 e. The molecule has 1 saturated heterocycles. The largest absolute Gasteiger partial charge is 0.381 e. The van der Waals surface area contributed by atoms with Gasteiger partial charge in [0, 0.05) is 29.9 Å². The van der Waals surface area contributed by atoms with Crippen molar-refractivity contribution in [2.45, 2.75) is 12.5 Å². The highest BCUT2D eigenvalue weighted by molar-refractivity contribution is 5.82. The number of benzene rings is 1. The van der Waals surface area contributed by atoms with Crippen molar-refractivity contribution in [3.63, 3.8) is 0 Å². The van der Waals surface area contributed by atoms with Crippen molar-refractivity contribution in [2.75, 3.05) is 18.4 Å². The molecule has 17 heavy (non-hydrogen) atoms. The van der Waals surface area contributed by atoms with Crippen LogP contribution < -0.4 is 10.6 Å². The van der Waals surface area contributed by atoms with Crippen molar-refractivity contribution in [1.82, 2.24) is 10.3 Å². The zero-order chi connectivity index (χ0) is 11.7. The van der Waals surface area contributed by atoms with E-state index in [1.807, 2.05) is 18.2 Å². The topological polar surface area (TPSA) is 37.0 Å². The zero-order valence-electron chi connectivity index (χ0n) is 9.41. The summed E-state index contributed by atoms with van der Waals surface area (Å²) >= 11 is 0.